The van der Waals surface area contributed by atoms with Crippen LogP contribution in [-0.4, -0.2) is 14.7 Å². The van der Waals surface area contributed by atoms with Crippen molar-refractivity contribution < 1.29 is 5.11 Å². The normalized spacial score (nSPS) is 12.8. The highest BCUT2D eigenvalue weighted by Crippen LogP contribution is 2.17. The molecule has 0 saturated carbocycles. The zero-order valence-electron chi connectivity index (χ0n) is 9.81. The SMILES string of the molecule is Cc1ncn(-c2ccc([C@@H](C)O)cc2)c1C. The van der Waals surface area contributed by atoms with Gasteiger partial charge in [0.15, 0.2) is 0 Å². The van der Waals surface area contributed by atoms with Crippen molar-refractivity contribution in [1.29, 1.82) is 0 Å². The number of aryl methyl sites for hydroxylation is 1. The van der Waals surface area contributed by atoms with Crippen molar-refractivity contribution in [1.82, 2.24) is 9.55 Å². The van der Waals surface area contributed by atoms with Gasteiger partial charge in [0, 0.05) is 11.4 Å². The minimum absolute atomic E-state index is 0.417. The molecule has 1 N–H and O–H groups in total. The molecule has 2 rings (SSSR count). The van der Waals surface area contributed by atoms with Gasteiger partial charge in [-0.1, -0.05) is 12.1 Å². The third-order valence-corrected chi connectivity index (χ3v) is 2.91. The van der Waals surface area contributed by atoms with E-state index in [0.717, 1.165) is 22.6 Å². The Bertz CT molecular complexity index is 483. The Morgan fingerprint density at radius 1 is 1.19 bits per heavy atom. The van der Waals surface area contributed by atoms with Crippen LogP contribution in [0.2, 0.25) is 0 Å². The number of imidazole rings is 1. The molecule has 84 valence electrons. The maximum Gasteiger partial charge on any atom is 0.0997 e. The van der Waals surface area contributed by atoms with E-state index >= 15 is 0 Å². The molecule has 1 atom stereocenters. The molecule has 3 nitrogen and oxygen atoms in total. The topological polar surface area (TPSA) is 38.0 Å². The lowest BCUT2D eigenvalue weighted by Crippen LogP contribution is -1.97. The monoisotopic (exact) mass is 216 g/mol. The molecule has 0 aliphatic rings. The van der Waals surface area contributed by atoms with Crippen LogP contribution in [0.5, 0.6) is 0 Å². The summed E-state index contributed by atoms with van der Waals surface area (Å²) < 4.78 is 2.04. The van der Waals surface area contributed by atoms with Crippen LogP contribution in [-0.2, 0) is 0 Å². The summed E-state index contributed by atoms with van der Waals surface area (Å²) in [5.41, 5.74) is 4.19. The molecule has 0 fully saturated rings. The molecule has 1 heterocycles. The van der Waals surface area contributed by atoms with Gasteiger partial charge in [0.1, 0.15) is 0 Å². The molecule has 0 aliphatic heterocycles. The van der Waals surface area contributed by atoms with Gasteiger partial charge in [-0.05, 0) is 38.5 Å². The van der Waals surface area contributed by atoms with E-state index in [9.17, 15) is 5.11 Å². The van der Waals surface area contributed by atoms with Crippen molar-refractivity contribution in [3.05, 3.63) is 47.5 Å². The molecule has 0 amide bonds. The third kappa shape index (κ3) is 1.86. The quantitative estimate of drug-likeness (QED) is 0.837. The molecule has 0 spiro atoms. The van der Waals surface area contributed by atoms with Crippen LogP contribution in [0.4, 0.5) is 0 Å². The Morgan fingerprint density at radius 2 is 1.81 bits per heavy atom. The van der Waals surface area contributed by atoms with Crippen LogP contribution >= 0.6 is 0 Å². The van der Waals surface area contributed by atoms with E-state index in [4.69, 9.17) is 0 Å². The Morgan fingerprint density at radius 3 is 2.25 bits per heavy atom. The maximum absolute atomic E-state index is 9.42. The average Bonchev–Trinajstić information content (AvgIpc) is 2.60. The molecular formula is C13H16N2O. The van der Waals surface area contributed by atoms with Crippen LogP contribution in [0.15, 0.2) is 30.6 Å². The van der Waals surface area contributed by atoms with E-state index in [-0.39, 0.29) is 0 Å². The summed E-state index contributed by atoms with van der Waals surface area (Å²) >= 11 is 0. The lowest BCUT2D eigenvalue weighted by atomic mass is 10.1. The highest BCUT2D eigenvalue weighted by atomic mass is 16.3. The number of aliphatic hydroxyl groups is 1. The first kappa shape index (κ1) is 10.9. The maximum atomic E-state index is 9.42. The summed E-state index contributed by atoms with van der Waals surface area (Å²) in [6, 6.07) is 7.87. The first-order valence-corrected chi connectivity index (χ1v) is 5.38. The van der Waals surface area contributed by atoms with Crippen molar-refractivity contribution in [3.63, 3.8) is 0 Å². The largest absolute Gasteiger partial charge is 0.389 e. The van der Waals surface area contributed by atoms with Crippen LogP contribution in [0.25, 0.3) is 5.69 Å². The van der Waals surface area contributed by atoms with E-state index in [0.29, 0.717) is 0 Å². The molecule has 1 aromatic heterocycles. The van der Waals surface area contributed by atoms with Crippen LogP contribution < -0.4 is 0 Å². The Hall–Kier alpha value is -1.61. The van der Waals surface area contributed by atoms with E-state index in [1.165, 1.54) is 0 Å². The van der Waals surface area contributed by atoms with Gasteiger partial charge in [-0.3, -0.25) is 0 Å². The Labute approximate surface area is 95.4 Å². The van der Waals surface area contributed by atoms with Crippen molar-refractivity contribution in [2.24, 2.45) is 0 Å². The number of aliphatic hydroxyl groups excluding tert-OH is 1. The van der Waals surface area contributed by atoms with E-state index in [2.05, 4.69) is 4.98 Å². The van der Waals surface area contributed by atoms with Gasteiger partial charge in [-0.15, -0.1) is 0 Å². The number of hydrogen-bond acceptors (Lipinski definition) is 2. The van der Waals surface area contributed by atoms with Crippen LogP contribution in [0.3, 0.4) is 0 Å². The number of nitrogens with zero attached hydrogens (tertiary/aromatic N) is 2. The fourth-order valence-corrected chi connectivity index (χ4v) is 1.67. The summed E-state index contributed by atoms with van der Waals surface area (Å²) in [6.45, 7) is 5.81. The first-order valence-electron chi connectivity index (χ1n) is 5.38. The van der Waals surface area contributed by atoms with Gasteiger partial charge in [0.05, 0.1) is 18.1 Å². The summed E-state index contributed by atoms with van der Waals surface area (Å²) in [5, 5.41) is 9.42. The standard InChI is InChI=1S/C13H16N2O/c1-9-10(2)15(8-14-9)13-6-4-12(5-7-13)11(3)16/h4-8,11,16H,1-3H3/t11-/m1/s1. The molecule has 1 aromatic carbocycles. The predicted octanol–water partition coefficient (Wildman–Crippen LogP) is 2.54. The highest BCUT2D eigenvalue weighted by Gasteiger charge is 2.05. The molecular weight excluding hydrogens is 200 g/mol. The summed E-state index contributed by atoms with van der Waals surface area (Å²) in [6.07, 6.45) is 1.40. The molecule has 0 radical (unpaired) electrons. The van der Waals surface area contributed by atoms with E-state index < -0.39 is 6.10 Å². The number of rotatable bonds is 2. The lowest BCUT2D eigenvalue weighted by molar-refractivity contribution is 0.199. The molecule has 0 bridgehead atoms. The molecule has 3 heteroatoms. The van der Waals surface area contributed by atoms with Gasteiger partial charge in [0.2, 0.25) is 0 Å². The van der Waals surface area contributed by atoms with Gasteiger partial charge < -0.3 is 9.67 Å². The van der Waals surface area contributed by atoms with E-state index in [1.807, 2.05) is 49.0 Å². The number of hydrogen-bond donors (Lipinski definition) is 1. The second-order valence-corrected chi connectivity index (χ2v) is 4.05. The van der Waals surface area contributed by atoms with Gasteiger partial charge >= 0.3 is 0 Å². The van der Waals surface area contributed by atoms with Gasteiger partial charge in [-0.25, -0.2) is 4.98 Å². The average molecular weight is 216 g/mol. The molecule has 2 aromatic rings. The predicted molar refractivity (Wildman–Crippen MR) is 63.7 cm³/mol. The van der Waals surface area contributed by atoms with Crippen LogP contribution in [0.1, 0.15) is 30.0 Å². The van der Waals surface area contributed by atoms with Crippen molar-refractivity contribution in [2.75, 3.05) is 0 Å². The number of benzene rings is 1. The summed E-state index contributed by atoms with van der Waals surface area (Å²) in [4.78, 5) is 4.26. The van der Waals surface area contributed by atoms with Crippen molar-refractivity contribution in [3.8, 4) is 5.69 Å². The smallest absolute Gasteiger partial charge is 0.0997 e. The Kier molecular flexibility index (Phi) is 2.79. The minimum Gasteiger partial charge on any atom is -0.389 e. The van der Waals surface area contributed by atoms with Crippen molar-refractivity contribution in [2.45, 2.75) is 26.9 Å². The van der Waals surface area contributed by atoms with Gasteiger partial charge in [-0.2, -0.15) is 0 Å². The third-order valence-electron chi connectivity index (χ3n) is 2.91. The van der Waals surface area contributed by atoms with Crippen molar-refractivity contribution >= 4 is 0 Å². The lowest BCUT2D eigenvalue weighted by Gasteiger charge is -2.08. The fraction of sp³-hybridized carbons (Fsp3) is 0.308. The zero-order valence-corrected chi connectivity index (χ0v) is 9.81. The molecule has 16 heavy (non-hydrogen) atoms. The second kappa shape index (κ2) is 4.10. The molecule has 0 unspecified atom stereocenters. The molecule has 0 saturated heterocycles. The van der Waals surface area contributed by atoms with Crippen LogP contribution in [0, 0.1) is 13.8 Å². The zero-order chi connectivity index (χ0) is 11.7. The highest BCUT2D eigenvalue weighted by molar-refractivity contribution is 5.37. The fourth-order valence-electron chi connectivity index (χ4n) is 1.67. The number of aromatic nitrogens is 2. The minimum atomic E-state index is -0.417. The summed E-state index contributed by atoms with van der Waals surface area (Å²) in [7, 11) is 0. The molecule has 0 aliphatic carbocycles. The second-order valence-electron chi connectivity index (χ2n) is 4.05. The first-order chi connectivity index (χ1) is 7.59. The van der Waals surface area contributed by atoms with E-state index in [1.54, 1.807) is 6.92 Å². The Balaban J connectivity index is 2.38. The summed E-state index contributed by atoms with van der Waals surface area (Å²) in [5.74, 6) is 0. The van der Waals surface area contributed by atoms with Gasteiger partial charge in [0.25, 0.3) is 0 Å².